The van der Waals surface area contributed by atoms with Crippen molar-refractivity contribution in [1.29, 1.82) is 0 Å². The molecular formula is C21H17ClF3N5O2S. The fourth-order valence-electron chi connectivity index (χ4n) is 3.45. The maximum atomic E-state index is 13.3. The van der Waals surface area contributed by atoms with Gasteiger partial charge in [-0.15, -0.1) is 10.2 Å². The Kier molecular flexibility index (Phi) is 6.35. The summed E-state index contributed by atoms with van der Waals surface area (Å²) in [6, 6.07) is 10.2. The van der Waals surface area contributed by atoms with Gasteiger partial charge < -0.3 is 5.32 Å². The van der Waals surface area contributed by atoms with Gasteiger partial charge in [0.1, 0.15) is 0 Å². The number of carbonyl (C=O) groups is 1. The number of fused-ring (bicyclic) bond motifs is 3. The zero-order chi connectivity index (χ0) is 23.8. The quantitative estimate of drug-likeness (QED) is 0.386. The molecule has 2 aromatic carbocycles. The van der Waals surface area contributed by atoms with Gasteiger partial charge in [-0.1, -0.05) is 48.5 Å². The second kappa shape index (κ2) is 9.06. The molecule has 2 heterocycles. The number of aryl methyl sites for hydroxylation is 1. The molecule has 1 amide bonds. The van der Waals surface area contributed by atoms with Crippen LogP contribution in [-0.4, -0.2) is 30.8 Å². The van der Waals surface area contributed by atoms with Crippen molar-refractivity contribution in [2.45, 2.75) is 31.2 Å². The third-order valence-electron chi connectivity index (χ3n) is 4.84. The van der Waals surface area contributed by atoms with E-state index in [2.05, 4.69) is 15.5 Å². The summed E-state index contributed by atoms with van der Waals surface area (Å²) in [6.45, 7) is 2.36. The van der Waals surface area contributed by atoms with E-state index in [-0.39, 0.29) is 16.3 Å². The molecule has 0 fully saturated rings. The molecule has 0 bridgehead atoms. The van der Waals surface area contributed by atoms with Gasteiger partial charge in [0.05, 0.1) is 32.9 Å². The minimum Gasteiger partial charge on any atom is -0.324 e. The number of hydrogen-bond acceptors (Lipinski definition) is 5. The number of thioether (sulfide) groups is 1. The van der Waals surface area contributed by atoms with Gasteiger partial charge in [-0.25, -0.2) is 0 Å². The van der Waals surface area contributed by atoms with Crippen molar-refractivity contribution in [3.05, 3.63) is 63.4 Å². The third-order valence-corrected chi connectivity index (χ3v) is 6.09. The van der Waals surface area contributed by atoms with Gasteiger partial charge in [-0.3, -0.25) is 18.6 Å². The Balaban J connectivity index is 1.65. The normalized spacial score (nSPS) is 11.9. The smallest absolute Gasteiger partial charge is 0.324 e. The van der Waals surface area contributed by atoms with Crippen molar-refractivity contribution < 1.29 is 18.0 Å². The number of amides is 1. The van der Waals surface area contributed by atoms with Gasteiger partial charge in [-0.2, -0.15) is 13.2 Å². The summed E-state index contributed by atoms with van der Waals surface area (Å²) in [7, 11) is 0. The SMILES string of the molecule is CCCn1c(=O)c2ccccc2n2c(SCC(=O)Nc3c(Cl)cccc3C(F)(F)F)nnc12. The molecule has 0 saturated heterocycles. The van der Waals surface area contributed by atoms with Crippen LogP contribution in [0.2, 0.25) is 5.02 Å². The topological polar surface area (TPSA) is 81.3 Å². The lowest BCUT2D eigenvalue weighted by Crippen LogP contribution is -2.23. The Morgan fingerprint density at radius 2 is 1.91 bits per heavy atom. The Labute approximate surface area is 194 Å². The van der Waals surface area contributed by atoms with E-state index in [4.69, 9.17) is 11.6 Å². The molecule has 33 heavy (non-hydrogen) atoms. The number of rotatable bonds is 6. The second-order valence-electron chi connectivity index (χ2n) is 7.09. The number of nitrogens with zero attached hydrogens (tertiary/aromatic N) is 4. The van der Waals surface area contributed by atoms with Crippen LogP contribution in [0.1, 0.15) is 18.9 Å². The highest BCUT2D eigenvalue weighted by molar-refractivity contribution is 7.99. The van der Waals surface area contributed by atoms with Crippen LogP contribution in [-0.2, 0) is 17.5 Å². The van der Waals surface area contributed by atoms with Crippen LogP contribution in [0.15, 0.2) is 52.4 Å². The molecule has 4 rings (SSSR count). The van der Waals surface area contributed by atoms with Gasteiger partial charge in [0.25, 0.3) is 5.56 Å². The first-order valence-corrected chi connectivity index (χ1v) is 11.2. The summed E-state index contributed by atoms with van der Waals surface area (Å²) < 4.78 is 43.0. The van der Waals surface area contributed by atoms with Crippen LogP contribution in [0.25, 0.3) is 16.7 Å². The van der Waals surface area contributed by atoms with Gasteiger partial charge in [0.2, 0.25) is 11.7 Å². The predicted molar refractivity (Wildman–Crippen MR) is 121 cm³/mol. The molecule has 0 unspecified atom stereocenters. The van der Waals surface area contributed by atoms with Crippen molar-refractivity contribution >= 4 is 51.6 Å². The third kappa shape index (κ3) is 4.42. The molecule has 0 radical (unpaired) electrons. The minimum absolute atomic E-state index is 0.194. The average molecular weight is 496 g/mol. The fourth-order valence-corrected chi connectivity index (χ4v) is 4.41. The van der Waals surface area contributed by atoms with Crippen molar-refractivity contribution in [2.75, 3.05) is 11.1 Å². The molecule has 0 aliphatic heterocycles. The molecule has 172 valence electrons. The molecule has 1 N–H and O–H groups in total. The monoisotopic (exact) mass is 495 g/mol. The Hall–Kier alpha value is -3.05. The van der Waals surface area contributed by atoms with Gasteiger partial charge >= 0.3 is 6.18 Å². The zero-order valence-corrected chi connectivity index (χ0v) is 18.8. The number of anilines is 1. The maximum absolute atomic E-state index is 13.3. The van der Waals surface area contributed by atoms with E-state index in [1.165, 1.54) is 16.7 Å². The van der Waals surface area contributed by atoms with Crippen LogP contribution >= 0.6 is 23.4 Å². The lowest BCUT2D eigenvalue weighted by atomic mass is 10.1. The minimum atomic E-state index is -4.67. The largest absolute Gasteiger partial charge is 0.418 e. The number of carbonyl (C=O) groups excluding carboxylic acids is 1. The summed E-state index contributed by atoms with van der Waals surface area (Å²) >= 11 is 6.89. The van der Waals surface area contributed by atoms with Crippen molar-refractivity contribution in [3.63, 3.8) is 0 Å². The highest BCUT2D eigenvalue weighted by Gasteiger charge is 2.34. The van der Waals surface area contributed by atoms with Gasteiger partial charge in [-0.05, 0) is 30.7 Å². The first-order valence-electron chi connectivity index (χ1n) is 9.87. The molecule has 0 aliphatic carbocycles. The van der Waals surface area contributed by atoms with Crippen molar-refractivity contribution in [1.82, 2.24) is 19.2 Å². The van der Waals surface area contributed by atoms with Crippen LogP contribution in [0.3, 0.4) is 0 Å². The fraction of sp³-hybridized carbons (Fsp3) is 0.238. The molecule has 0 spiro atoms. The second-order valence-corrected chi connectivity index (χ2v) is 8.44. The van der Waals surface area contributed by atoms with Gasteiger partial charge in [0.15, 0.2) is 5.16 Å². The maximum Gasteiger partial charge on any atom is 0.418 e. The first-order chi connectivity index (χ1) is 15.7. The lowest BCUT2D eigenvalue weighted by molar-refractivity contribution is -0.137. The average Bonchev–Trinajstić information content (AvgIpc) is 3.20. The summed E-state index contributed by atoms with van der Waals surface area (Å²) in [6.07, 6.45) is -3.98. The van der Waals surface area contributed by atoms with Crippen LogP contribution in [0.4, 0.5) is 18.9 Å². The van der Waals surface area contributed by atoms with E-state index in [9.17, 15) is 22.8 Å². The van der Waals surface area contributed by atoms with E-state index in [1.807, 2.05) is 6.92 Å². The van der Waals surface area contributed by atoms with Crippen LogP contribution in [0.5, 0.6) is 0 Å². The van der Waals surface area contributed by atoms with E-state index in [0.29, 0.717) is 34.8 Å². The number of aromatic nitrogens is 4. The number of alkyl halides is 3. The molecule has 2 aromatic heterocycles. The van der Waals surface area contributed by atoms with Crippen molar-refractivity contribution in [3.8, 4) is 0 Å². The molecule has 0 saturated carbocycles. The van der Waals surface area contributed by atoms with E-state index < -0.39 is 23.3 Å². The number of hydrogen-bond donors (Lipinski definition) is 1. The van der Waals surface area contributed by atoms with E-state index in [0.717, 1.165) is 17.8 Å². The van der Waals surface area contributed by atoms with Crippen LogP contribution < -0.4 is 10.9 Å². The van der Waals surface area contributed by atoms with E-state index >= 15 is 0 Å². The molecule has 12 heteroatoms. The first kappa shape index (κ1) is 23.1. The summed E-state index contributed by atoms with van der Waals surface area (Å²) in [5.74, 6) is -0.611. The molecule has 7 nitrogen and oxygen atoms in total. The Morgan fingerprint density at radius 3 is 2.64 bits per heavy atom. The number of para-hydroxylation sites is 2. The molecule has 0 aliphatic rings. The zero-order valence-electron chi connectivity index (χ0n) is 17.2. The molecule has 4 aromatic rings. The van der Waals surface area contributed by atoms with E-state index in [1.54, 1.807) is 28.7 Å². The molecule has 0 atom stereocenters. The molecular weight excluding hydrogens is 479 g/mol. The summed E-state index contributed by atoms with van der Waals surface area (Å²) in [5.41, 5.74) is -1.15. The summed E-state index contributed by atoms with van der Waals surface area (Å²) in [4.78, 5) is 25.4. The summed E-state index contributed by atoms with van der Waals surface area (Å²) in [5, 5.41) is 11.1. The predicted octanol–water partition coefficient (Wildman–Crippen LogP) is 4.86. The number of nitrogens with one attached hydrogen (secondary N) is 1. The van der Waals surface area contributed by atoms with Gasteiger partial charge in [0, 0.05) is 6.54 Å². The van der Waals surface area contributed by atoms with Crippen LogP contribution in [0, 0.1) is 0 Å². The Morgan fingerprint density at radius 1 is 1.15 bits per heavy atom. The Bertz CT molecular complexity index is 1420. The highest BCUT2D eigenvalue weighted by Crippen LogP contribution is 2.38. The highest BCUT2D eigenvalue weighted by atomic mass is 35.5. The van der Waals surface area contributed by atoms with Crippen molar-refractivity contribution in [2.24, 2.45) is 0 Å². The number of halogens is 4. The standard InChI is InChI=1S/C21H17ClF3N5O2S/c1-2-10-29-18(32)12-6-3-4-9-15(12)30-19(29)27-28-20(30)33-11-16(31)26-17-13(21(23,24)25)7-5-8-14(17)22/h3-9H,2,10-11H2,1H3,(H,26,31). The number of benzene rings is 2. The lowest BCUT2D eigenvalue weighted by Gasteiger charge is -2.15.